The summed E-state index contributed by atoms with van der Waals surface area (Å²) < 4.78 is 0. The lowest BCUT2D eigenvalue weighted by Gasteiger charge is -2.18. The SMILES string of the molecule is CC(C)C(CO)NC(=O)C=CC(=O)O. The molecule has 0 spiro atoms. The molecule has 0 rings (SSSR count). The van der Waals surface area contributed by atoms with Gasteiger partial charge in [0.25, 0.3) is 0 Å². The van der Waals surface area contributed by atoms with E-state index in [1.165, 1.54) is 0 Å². The summed E-state index contributed by atoms with van der Waals surface area (Å²) in [6, 6.07) is -0.346. The van der Waals surface area contributed by atoms with Crippen molar-refractivity contribution in [2.45, 2.75) is 19.9 Å². The molecule has 0 aromatic heterocycles. The molecule has 0 saturated carbocycles. The highest BCUT2D eigenvalue weighted by atomic mass is 16.4. The number of amides is 1. The van der Waals surface area contributed by atoms with Crippen LogP contribution in [0, 0.1) is 5.92 Å². The van der Waals surface area contributed by atoms with Crippen LogP contribution in [-0.4, -0.2) is 34.7 Å². The summed E-state index contributed by atoms with van der Waals surface area (Å²) in [6.45, 7) is 3.54. The van der Waals surface area contributed by atoms with Gasteiger partial charge in [0.15, 0.2) is 0 Å². The highest BCUT2D eigenvalue weighted by Gasteiger charge is 2.13. The van der Waals surface area contributed by atoms with E-state index in [1.807, 2.05) is 13.8 Å². The largest absolute Gasteiger partial charge is 0.478 e. The molecule has 0 heterocycles. The van der Waals surface area contributed by atoms with E-state index >= 15 is 0 Å². The van der Waals surface area contributed by atoms with Gasteiger partial charge in [-0.15, -0.1) is 0 Å². The summed E-state index contributed by atoms with van der Waals surface area (Å²) in [5.74, 6) is -1.59. The van der Waals surface area contributed by atoms with Gasteiger partial charge < -0.3 is 15.5 Å². The minimum atomic E-state index is -1.18. The molecule has 0 bridgehead atoms. The number of rotatable bonds is 5. The number of aliphatic hydroxyl groups is 1. The number of carboxylic acid groups (broad SMARTS) is 1. The molecular formula is C9H15NO4. The van der Waals surface area contributed by atoms with Crippen LogP contribution in [0.2, 0.25) is 0 Å². The van der Waals surface area contributed by atoms with Gasteiger partial charge >= 0.3 is 5.97 Å². The third-order valence-corrected chi connectivity index (χ3v) is 1.71. The van der Waals surface area contributed by atoms with E-state index in [1.54, 1.807) is 0 Å². The van der Waals surface area contributed by atoms with Crippen LogP contribution in [0.3, 0.4) is 0 Å². The zero-order valence-corrected chi connectivity index (χ0v) is 8.23. The van der Waals surface area contributed by atoms with Gasteiger partial charge in [0.1, 0.15) is 0 Å². The van der Waals surface area contributed by atoms with E-state index in [0.717, 1.165) is 12.2 Å². The number of hydrogen-bond acceptors (Lipinski definition) is 3. The van der Waals surface area contributed by atoms with Crippen molar-refractivity contribution in [3.8, 4) is 0 Å². The Morgan fingerprint density at radius 3 is 2.29 bits per heavy atom. The average Bonchev–Trinajstić information content (AvgIpc) is 2.10. The summed E-state index contributed by atoms with van der Waals surface area (Å²) in [5.41, 5.74) is 0. The molecular weight excluding hydrogens is 186 g/mol. The zero-order valence-electron chi connectivity index (χ0n) is 8.23. The van der Waals surface area contributed by atoms with E-state index in [4.69, 9.17) is 10.2 Å². The van der Waals surface area contributed by atoms with E-state index in [9.17, 15) is 9.59 Å². The van der Waals surface area contributed by atoms with Crippen molar-refractivity contribution >= 4 is 11.9 Å². The van der Waals surface area contributed by atoms with E-state index < -0.39 is 11.9 Å². The second-order valence-electron chi connectivity index (χ2n) is 3.21. The van der Waals surface area contributed by atoms with Gasteiger partial charge in [-0.05, 0) is 5.92 Å². The van der Waals surface area contributed by atoms with E-state index in [0.29, 0.717) is 0 Å². The van der Waals surface area contributed by atoms with Gasteiger partial charge in [-0.2, -0.15) is 0 Å². The monoisotopic (exact) mass is 201 g/mol. The Morgan fingerprint density at radius 1 is 1.36 bits per heavy atom. The Balaban J connectivity index is 4.10. The topological polar surface area (TPSA) is 86.6 Å². The first-order valence-electron chi connectivity index (χ1n) is 4.29. The Bertz CT molecular complexity index is 235. The second-order valence-corrected chi connectivity index (χ2v) is 3.21. The molecule has 1 unspecified atom stereocenters. The standard InChI is InChI=1S/C9H15NO4/c1-6(2)7(5-11)10-8(12)3-4-9(13)14/h3-4,6-7,11H,5H2,1-2H3,(H,10,12)(H,13,14). The molecule has 14 heavy (non-hydrogen) atoms. The minimum Gasteiger partial charge on any atom is -0.478 e. The van der Waals surface area contributed by atoms with Crippen LogP contribution in [0.1, 0.15) is 13.8 Å². The number of carbonyl (C=O) groups excluding carboxylic acids is 1. The summed E-state index contributed by atoms with van der Waals surface area (Å²) in [4.78, 5) is 21.1. The van der Waals surface area contributed by atoms with Crippen LogP contribution in [0.5, 0.6) is 0 Å². The van der Waals surface area contributed by atoms with Gasteiger partial charge in [0.05, 0.1) is 12.6 Å². The molecule has 5 heteroatoms. The number of hydrogen-bond donors (Lipinski definition) is 3. The van der Waals surface area contributed by atoms with Crippen LogP contribution < -0.4 is 5.32 Å². The maximum absolute atomic E-state index is 11.0. The fourth-order valence-electron chi connectivity index (χ4n) is 0.801. The van der Waals surface area contributed by atoms with Crippen LogP contribution in [0.4, 0.5) is 0 Å². The van der Waals surface area contributed by atoms with Crippen molar-refractivity contribution in [2.24, 2.45) is 5.92 Å². The Hall–Kier alpha value is -1.36. The predicted molar refractivity (Wildman–Crippen MR) is 50.6 cm³/mol. The van der Waals surface area contributed by atoms with Crippen LogP contribution in [0.15, 0.2) is 12.2 Å². The highest BCUT2D eigenvalue weighted by Crippen LogP contribution is 1.99. The first-order chi connectivity index (χ1) is 6.47. The molecule has 5 nitrogen and oxygen atoms in total. The van der Waals surface area contributed by atoms with Gasteiger partial charge in [-0.25, -0.2) is 4.79 Å². The van der Waals surface area contributed by atoms with Crippen molar-refractivity contribution in [3.63, 3.8) is 0 Å². The van der Waals surface area contributed by atoms with Crippen LogP contribution in [-0.2, 0) is 9.59 Å². The van der Waals surface area contributed by atoms with Gasteiger partial charge in [0, 0.05) is 12.2 Å². The number of aliphatic carboxylic acids is 1. The van der Waals surface area contributed by atoms with Crippen molar-refractivity contribution in [2.75, 3.05) is 6.61 Å². The number of carbonyl (C=O) groups is 2. The Kier molecular flexibility index (Phi) is 5.55. The smallest absolute Gasteiger partial charge is 0.328 e. The summed E-state index contributed by atoms with van der Waals surface area (Å²) in [6.07, 6.45) is 1.68. The van der Waals surface area contributed by atoms with E-state index in [-0.39, 0.29) is 18.6 Å². The molecule has 1 atom stereocenters. The van der Waals surface area contributed by atoms with Crippen molar-refractivity contribution in [1.82, 2.24) is 5.32 Å². The fourth-order valence-corrected chi connectivity index (χ4v) is 0.801. The number of nitrogens with one attached hydrogen (secondary N) is 1. The molecule has 0 aliphatic heterocycles. The first-order valence-corrected chi connectivity index (χ1v) is 4.29. The maximum Gasteiger partial charge on any atom is 0.328 e. The number of carboxylic acids is 1. The lowest BCUT2D eigenvalue weighted by atomic mass is 10.1. The summed E-state index contributed by atoms with van der Waals surface area (Å²) in [5, 5.41) is 19.6. The molecule has 80 valence electrons. The fraction of sp³-hybridized carbons (Fsp3) is 0.556. The molecule has 0 fully saturated rings. The minimum absolute atomic E-state index is 0.0992. The first kappa shape index (κ1) is 12.6. The van der Waals surface area contributed by atoms with Crippen molar-refractivity contribution in [1.29, 1.82) is 0 Å². The summed E-state index contributed by atoms with van der Waals surface area (Å²) >= 11 is 0. The molecule has 0 aromatic carbocycles. The molecule has 3 N–H and O–H groups in total. The van der Waals surface area contributed by atoms with Gasteiger partial charge in [-0.1, -0.05) is 13.8 Å². The van der Waals surface area contributed by atoms with Crippen LogP contribution >= 0.6 is 0 Å². The lowest BCUT2D eigenvalue weighted by Crippen LogP contribution is -2.40. The third-order valence-electron chi connectivity index (χ3n) is 1.71. The Labute approximate surface area is 82.4 Å². The zero-order chi connectivity index (χ0) is 11.1. The van der Waals surface area contributed by atoms with Crippen LogP contribution in [0.25, 0.3) is 0 Å². The third kappa shape index (κ3) is 5.31. The highest BCUT2D eigenvalue weighted by molar-refractivity contribution is 5.93. The quantitative estimate of drug-likeness (QED) is 0.536. The molecule has 1 amide bonds. The molecule has 0 saturated heterocycles. The average molecular weight is 201 g/mol. The molecule has 0 aromatic rings. The van der Waals surface area contributed by atoms with Gasteiger partial charge in [0.2, 0.25) is 5.91 Å². The normalized spacial score (nSPS) is 13.1. The van der Waals surface area contributed by atoms with Crippen molar-refractivity contribution in [3.05, 3.63) is 12.2 Å². The Morgan fingerprint density at radius 2 is 1.93 bits per heavy atom. The molecule has 0 aliphatic rings. The molecule has 0 aliphatic carbocycles. The molecule has 0 radical (unpaired) electrons. The lowest BCUT2D eigenvalue weighted by molar-refractivity contribution is -0.131. The van der Waals surface area contributed by atoms with Crippen molar-refractivity contribution < 1.29 is 19.8 Å². The predicted octanol–water partition coefficient (Wildman–Crippen LogP) is -0.240. The summed E-state index contributed by atoms with van der Waals surface area (Å²) in [7, 11) is 0. The van der Waals surface area contributed by atoms with E-state index in [2.05, 4.69) is 5.32 Å². The maximum atomic E-state index is 11.0. The number of aliphatic hydroxyl groups excluding tert-OH is 1. The second kappa shape index (κ2) is 6.15. The van der Waals surface area contributed by atoms with Gasteiger partial charge in [-0.3, -0.25) is 4.79 Å².